The predicted molar refractivity (Wildman–Crippen MR) is 95.1 cm³/mol. The third-order valence-electron chi connectivity index (χ3n) is 3.89. The van der Waals surface area contributed by atoms with E-state index in [1.807, 2.05) is 0 Å². The topological polar surface area (TPSA) is 57.5 Å². The summed E-state index contributed by atoms with van der Waals surface area (Å²) in [5.41, 5.74) is 0.735. The SMILES string of the molecule is CCC(=Cc1cc(Br)cc(C(C)(O)c2ccc(F)cc2)c1)C(=O)O. The van der Waals surface area contributed by atoms with Gasteiger partial charge in [-0.2, -0.15) is 0 Å². The first-order valence-corrected chi connectivity index (χ1v) is 8.26. The standard InChI is InChI=1S/C19H18BrFO3/c1-3-13(18(22)23)8-12-9-15(11-16(20)10-12)19(2,24)14-4-6-17(21)7-5-14/h4-11,24H,3H2,1-2H3,(H,22,23). The fourth-order valence-electron chi connectivity index (χ4n) is 2.43. The molecule has 0 aliphatic carbocycles. The zero-order valence-corrected chi connectivity index (χ0v) is 15.0. The van der Waals surface area contributed by atoms with Gasteiger partial charge in [-0.1, -0.05) is 35.0 Å². The van der Waals surface area contributed by atoms with Crippen LogP contribution in [0, 0.1) is 5.82 Å². The van der Waals surface area contributed by atoms with Crippen molar-refractivity contribution in [3.8, 4) is 0 Å². The molecule has 1 atom stereocenters. The van der Waals surface area contributed by atoms with Crippen molar-refractivity contribution < 1.29 is 19.4 Å². The molecule has 24 heavy (non-hydrogen) atoms. The molecular formula is C19H18BrFO3. The van der Waals surface area contributed by atoms with Crippen molar-refractivity contribution >= 4 is 28.0 Å². The highest BCUT2D eigenvalue weighted by molar-refractivity contribution is 9.10. The maximum Gasteiger partial charge on any atom is 0.331 e. The first kappa shape index (κ1) is 18.4. The van der Waals surface area contributed by atoms with E-state index in [0.29, 0.717) is 23.1 Å². The Hall–Kier alpha value is -1.98. The van der Waals surface area contributed by atoms with Gasteiger partial charge in [-0.3, -0.25) is 0 Å². The van der Waals surface area contributed by atoms with Crippen molar-refractivity contribution in [3.05, 3.63) is 75.0 Å². The number of halogens is 2. The van der Waals surface area contributed by atoms with Crippen LogP contribution >= 0.6 is 15.9 Å². The molecule has 0 fully saturated rings. The Morgan fingerprint density at radius 1 is 1.21 bits per heavy atom. The summed E-state index contributed by atoms with van der Waals surface area (Å²) in [4.78, 5) is 11.2. The molecule has 0 saturated heterocycles. The van der Waals surface area contributed by atoms with Crippen molar-refractivity contribution in [1.82, 2.24) is 0 Å². The number of carboxylic acid groups (broad SMARTS) is 1. The van der Waals surface area contributed by atoms with Crippen LogP contribution in [0.25, 0.3) is 6.08 Å². The van der Waals surface area contributed by atoms with Gasteiger partial charge >= 0.3 is 5.97 Å². The Labute approximate surface area is 148 Å². The zero-order valence-electron chi connectivity index (χ0n) is 13.4. The van der Waals surface area contributed by atoms with Gasteiger partial charge in [0.15, 0.2) is 0 Å². The minimum atomic E-state index is -1.34. The molecule has 0 saturated carbocycles. The van der Waals surface area contributed by atoms with Gasteiger partial charge in [-0.25, -0.2) is 9.18 Å². The molecule has 0 aliphatic heterocycles. The molecule has 0 radical (unpaired) electrons. The van der Waals surface area contributed by atoms with Crippen LogP contribution in [-0.4, -0.2) is 16.2 Å². The molecule has 126 valence electrons. The van der Waals surface area contributed by atoms with Crippen LogP contribution in [0.4, 0.5) is 4.39 Å². The van der Waals surface area contributed by atoms with Crippen molar-refractivity contribution in [2.75, 3.05) is 0 Å². The van der Waals surface area contributed by atoms with E-state index >= 15 is 0 Å². The molecule has 1 unspecified atom stereocenters. The smallest absolute Gasteiger partial charge is 0.331 e. The summed E-state index contributed by atoms with van der Waals surface area (Å²) in [6.07, 6.45) is 1.98. The van der Waals surface area contributed by atoms with E-state index in [0.717, 1.165) is 4.47 Å². The number of rotatable bonds is 5. The minimum Gasteiger partial charge on any atom is -0.478 e. The molecule has 0 spiro atoms. The molecule has 0 heterocycles. The summed E-state index contributed by atoms with van der Waals surface area (Å²) in [6, 6.07) is 10.9. The summed E-state index contributed by atoms with van der Waals surface area (Å²) in [5.74, 6) is -1.34. The van der Waals surface area contributed by atoms with Crippen molar-refractivity contribution in [2.24, 2.45) is 0 Å². The highest BCUT2D eigenvalue weighted by Crippen LogP contribution is 2.32. The van der Waals surface area contributed by atoms with Gasteiger partial charge < -0.3 is 10.2 Å². The maximum absolute atomic E-state index is 13.1. The van der Waals surface area contributed by atoms with Gasteiger partial charge in [0.2, 0.25) is 0 Å². The van der Waals surface area contributed by atoms with Crippen LogP contribution in [0.3, 0.4) is 0 Å². The lowest BCUT2D eigenvalue weighted by Gasteiger charge is -2.25. The van der Waals surface area contributed by atoms with Crippen molar-refractivity contribution in [3.63, 3.8) is 0 Å². The van der Waals surface area contributed by atoms with E-state index in [9.17, 15) is 19.4 Å². The quantitative estimate of drug-likeness (QED) is 0.723. The van der Waals surface area contributed by atoms with Crippen LogP contribution in [-0.2, 0) is 10.4 Å². The van der Waals surface area contributed by atoms with Gasteiger partial charge in [0.1, 0.15) is 11.4 Å². The monoisotopic (exact) mass is 392 g/mol. The van der Waals surface area contributed by atoms with Crippen LogP contribution in [0.15, 0.2) is 52.5 Å². The number of aliphatic carboxylic acids is 1. The van der Waals surface area contributed by atoms with Crippen LogP contribution < -0.4 is 0 Å². The van der Waals surface area contributed by atoms with E-state index in [2.05, 4.69) is 15.9 Å². The summed E-state index contributed by atoms with van der Waals surface area (Å²) in [6.45, 7) is 3.39. The highest BCUT2D eigenvalue weighted by atomic mass is 79.9. The average molecular weight is 393 g/mol. The van der Waals surface area contributed by atoms with Crippen LogP contribution in [0.1, 0.15) is 37.0 Å². The van der Waals surface area contributed by atoms with E-state index in [1.54, 1.807) is 38.1 Å². The Kier molecular flexibility index (Phi) is 5.57. The maximum atomic E-state index is 13.1. The van der Waals surface area contributed by atoms with Crippen LogP contribution in [0.2, 0.25) is 0 Å². The molecule has 2 N–H and O–H groups in total. The Morgan fingerprint density at radius 2 is 1.83 bits per heavy atom. The number of aliphatic hydroxyl groups is 1. The lowest BCUT2D eigenvalue weighted by molar-refractivity contribution is -0.132. The van der Waals surface area contributed by atoms with E-state index in [4.69, 9.17) is 0 Å². The number of carboxylic acids is 1. The van der Waals surface area contributed by atoms with Crippen molar-refractivity contribution in [2.45, 2.75) is 25.9 Å². The zero-order chi connectivity index (χ0) is 17.9. The lowest BCUT2D eigenvalue weighted by atomic mass is 9.87. The number of hydrogen-bond donors (Lipinski definition) is 2. The third kappa shape index (κ3) is 4.10. The lowest BCUT2D eigenvalue weighted by Crippen LogP contribution is -2.23. The second kappa shape index (κ2) is 7.28. The highest BCUT2D eigenvalue weighted by Gasteiger charge is 2.26. The average Bonchev–Trinajstić information content (AvgIpc) is 2.52. The molecule has 0 aromatic heterocycles. The van der Waals surface area contributed by atoms with E-state index in [-0.39, 0.29) is 11.4 Å². The van der Waals surface area contributed by atoms with Crippen LogP contribution in [0.5, 0.6) is 0 Å². The van der Waals surface area contributed by atoms with E-state index < -0.39 is 11.6 Å². The number of carbonyl (C=O) groups is 1. The van der Waals surface area contributed by atoms with Gasteiger partial charge in [0.05, 0.1) is 0 Å². The normalized spacial score (nSPS) is 14.3. The molecule has 2 rings (SSSR count). The predicted octanol–water partition coefficient (Wildman–Crippen LogP) is 4.72. The first-order valence-electron chi connectivity index (χ1n) is 7.47. The summed E-state index contributed by atoms with van der Waals surface area (Å²) >= 11 is 3.39. The molecule has 2 aromatic rings. The Morgan fingerprint density at radius 3 is 2.38 bits per heavy atom. The van der Waals surface area contributed by atoms with Gasteiger partial charge in [-0.15, -0.1) is 0 Å². The Balaban J connectivity index is 2.51. The molecule has 3 nitrogen and oxygen atoms in total. The Bertz CT molecular complexity index is 780. The van der Waals surface area contributed by atoms with E-state index in [1.165, 1.54) is 24.3 Å². The van der Waals surface area contributed by atoms with Gasteiger partial charge in [-0.05, 0) is 66.4 Å². The number of benzene rings is 2. The largest absolute Gasteiger partial charge is 0.478 e. The molecule has 0 aliphatic rings. The molecule has 0 amide bonds. The molecular weight excluding hydrogens is 375 g/mol. The molecule has 0 bridgehead atoms. The third-order valence-corrected chi connectivity index (χ3v) is 4.34. The summed E-state index contributed by atoms with van der Waals surface area (Å²) in [7, 11) is 0. The fourth-order valence-corrected chi connectivity index (χ4v) is 2.94. The van der Waals surface area contributed by atoms with Gasteiger partial charge in [0.25, 0.3) is 0 Å². The second-order valence-electron chi connectivity index (χ2n) is 5.68. The fraction of sp³-hybridized carbons (Fsp3) is 0.211. The van der Waals surface area contributed by atoms with Gasteiger partial charge in [0, 0.05) is 10.0 Å². The number of hydrogen-bond acceptors (Lipinski definition) is 2. The minimum absolute atomic E-state index is 0.278. The molecule has 2 aromatic carbocycles. The first-order chi connectivity index (χ1) is 11.2. The summed E-state index contributed by atoms with van der Waals surface area (Å²) < 4.78 is 13.8. The van der Waals surface area contributed by atoms with Crippen molar-refractivity contribution in [1.29, 1.82) is 0 Å². The summed E-state index contributed by atoms with van der Waals surface area (Å²) in [5, 5.41) is 20.1. The second-order valence-corrected chi connectivity index (χ2v) is 6.60. The molecule has 5 heteroatoms.